The molecule has 0 saturated heterocycles. The lowest BCUT2D eigenvalue weighted by Gasteiger charge is -1.98. The van der Waals surface area contributed by atoms with E-state index in [1.807, 2.05) is 30.3 Å². The lowest BCUT2D eigenvalue weighted by atomic mass is 10.1. The summed E-state index contributed by atoms with van der Waals surface area (Å²) in [6.07, 6.45) is 2.11. The van der Waals surface area contributed by atoms with Crippen molar-refractivity contribution in [1.82, 2.24) is 0 Å². The van der Waals surface area contributed by atoms with Gasteiger partial charge in [0.1, 0.15) is 0 Å². The van der Waals surface area contributed by atoms with Crippen LogP contribution >= 0.6 is 0 Å². The van der Waals surface area contributed by atoms with E-state index >= 15 is 0 Å². The number of ether oxygens (including phenoxy) is 1. The highest BCUT2D eigenvalue weighted by Crippen LogP contribution is 2.06. The maximum atomic E-state index is 8.72. The van der Waals surface area contributed by atoms with Gasteiger partial charge in [-0.25, -0.2) is 0 Å². The fourth-order valence-electron chi connectivity index (χ4n) is 1.07. The first-order valence-electron chi connectivity index (χ1n) is 4.02. The second-order valence-electron chi connectivity index (χ2n) is 2.65. The summed E-state index contributed by atoms with van der Waals surface area (Å²) in [5.41, 5.74) is 1.75. The third-order valence-corrected chi connectivity index (χ3v) is 1.64. The molecule has 2 heteroatoms. The van der Waals surface area contributed by atoms with Gasteiger partial charge >= 0.3 is 0 Å². The fourth-order valence-corrected chi connectivity index (χ4v) is 1.07. The van der Waals surface area contributed by atoms with Crippen molar-refractivity contribution in [2.75, 3.05) is 7.11 Å². The molecule has 0 unspecified atom stereocenters. The first-order chi connectivity index (χ1) is 6.36. The number of benzene rings is 1. The van der Waals surface area contributed by atoms with Crippen LogP contribution in [-0.4, -0.2) is 7.11 Å². The standard InChI is InChI=1S/C11H11NO/c1-13-9-11(8-12)7-10-5-3-2-4-6-10/h2-6,9H,7H2,1H3/b11-9-. The molecule has 13 heavy (non-hydrogen) atoms. The molecule has 0 saturated carbocycles. The predicted molar refractivity (Wildman–Crippen MR) is 50.9 cm³/mol. The van der Waals surface area contributed by atoms with Crippen molar-refractivity contribution < 1.29 is 4.74 Å². The number of nitriles is 1. The van der Waals surface area contributed by atoms with Crippen molar-refractivity contribution in [1.29, 1.82) is 5.26 Å². The third-order valence-electron chi connectivity index (χ3n) is 1.64. The van der Waals surface area contributed by atoms with Gasteiger partial charge in [-0.15, -0.1) is 0 Å². The topological polar surface area (TPSA) is 33.0 Å². The van der Waals surface area contributed by atoms with Crippen molar-refractivity contribution in [3.8, 4) is 6.07 Å². The van der Waals surface area contributed by atoms with E-state index in [0.29, 0.717) is 12.0 Å². The van der Waals surface area contributed by atoms with E-state index in [-0.39, 0.29) is 0 Å². The highest BCUT2D eigenvalue weighted by molar-refractivity contribution is 5.28. The number of rotatable bonds is 3. The van der Waals surface area contributed by atoms with Gasteiger partial charge in [0.15, 0.2) is 0 Å². The van der Waals surface area contributed by atoms with Crippen molar-refractivity contribution in [3.05, 3.63) is 47.7 Å². The summed E-state index contributed by atoms with van der Waals surface area (Å²) in [5, 5.41) is 8.72. The third kappa shape index (κ3) is 3.00. The average molecular weight is 173 g/mol. The van der Waals surface area contributed by atoms with Gasteiger partial charge in [-0.3, -0.25) is 0 Å². The zero-order valence-electron chi connectivity index (χ0n) is 7.53. The Hall–Kier alpha value is -1.75. The van der Waals surface area contributed by atoms with Crippen LogP contribution in [0.4, 0.5) is 0 Å². The Bertz CT molecular complexity index is 322. The minimum Gasteiger partial charge on any atom is -0.503 e. The number of allylic oxidation sites excluding steroid dienone is 1. The second kappa shape index (κ2) is 5.00. The molecule has 0 aliphatic heterocycles. The monoisotopic (exact) mass is 173 g/mol. The van der Waals surface area contributed by atoms with Gasteiger partial charge in [-0.1, -0.05) is 30.3 Å². The molecule has 1 rings (SSSR count). The smallest absolute Gasteiger partial charge is 0.0982 e. The molecule has 66 valence electrons. The zero-order chi connectivity index (χ0) is 9.52. The Labute approximate surface area is 78.1 Å². The van der Waals surface area contributed by atoms with E-state index in [1.54, 1.807) is 7.11 Å². The Morgan fingerprint density at radius 3 is 2.69 bits per heavy atom. The molecule has 0 N–H and O–H groups in total. The molecule has 1 aromatic carbocycles. The van der Waals surface area contributed by atoms with Gasteiger partial charge in [-0.05, 0) is 5.56 Å². The van der Waals surface area contributed by atoms with E-state index in [1.165, 1.54) is 6.26 Å². The number of nitrogens with zero attached hydrogens (tertiary/aromatic N) is 1. The molecule has 0 fully saturated rings. The van der Waals surface area contributed by atoms with Crippen LogP contribution in [0, 0.1) is 11.3 Å². The summed E-state index contributed by atoms with van der Waals surface area (Å²) in [4.78, 5) is 0. The van der Waals surface area contributed by atoms with Gasteiger partial charge in [0.05, 0.1) is 25.0 Å². The van der Waals surface area contributed by atoms with Crippen LogP contribution < -0.4 is 0 Å². The van der Waals surface area contributed by atoms with Gasteiger partial charge in [0, 0.05) is 6.42 Å². The van der Waals surface area contributed by atoms with Crippen LogP contribution in [0.3, 0.4) is 0 Å². The van der Waals surface area contributed by atoms with E-state index in [9.17, 15) is 0 Å². The molecule has 1 aromatic rings. The lowest BCUT2D eigenvalue weighted by Crippen LogP contribution is -1.88. The van der Waals surface area contributed by atoms with Crippen LogP contribution in [0.15, 0.2) is 42.2 Å². The highest BCUT2D eigenvalue weighted by Gasteiger charge is 1.97. The average Bonchev–Trinajstić information content (AvgIpc) is 2.19. The van der Waals surface area contributed by atoms with Crippen LogP contribution in [-0.2, 0) is 11.2 Å². The minimum atomic E-state index is 0.630. The first-order valence-corrected chi connectivity index (χ1v) is 4.02. The summed E-state index contributed by atoms with van der Waals surface area (Å²) in [6, 6.07) is 11.9. The van der Waals surface area contributed by atoms with Crippen molar-refractivity contribution in [2.45, 2.75) is 6.42 Å². The van der Waals surface area contributed by atoms with Gasteiger partial charge in [0.2, 0.25) is 0 Å². The van der Waals surface area contributed by atoms with Crippen LogP contribution in [0.5, 0.6) is 0 Å². The molecule has 0 bridgehead atoms. The maximum Gasteiger partial charge on any atom is 0.0982 e. The Balaban J connectivity index is 2.69. The van der Waals surface area contributed by atoms with E-state index in [4.69, 9.17) is 10.00 Å². The lowest BCUT2D eigenvalue weighted by molar-refractivity contribution is 0.334. The van der Waals surface area contributed by atoms with Crippen molar-refractivity contribution in [3.63, 3.8) is 0 Å². The zero-order valence-corrected chi connectivity index (χ0v) is 7.53. The second-order valence-corrected chi connectivity index (χ2v) is 2.65. The maximum absolute atomic E-state index is 8.72. The molecule has 0 aliphatic carbocycles. The summed E-state index contributed by atoms with van der Waals surface area (Å²) >= 11 is 0. The van der Waals surface area contributed by atoms with Gasteiger partial charge in [-0.2, -0.15) is 5.26 Å². The largest absolute Gasteiger partial charge is 0.503 e. The Kier molecular flexibility index (Phi) is 3.59. The van der Waals surface area contributed by atoms with Crippen LogP contribution in [0.1, 0.15) is 5.56 Å². The fraction of sp³-hybridized carbons (Fsp3) is 0.182. The Morgan fingerprint density at radius 1 is 1.46 bits per heavy atom. The van der Waals surface area contributed by atoms with Gasteiger partial charge in [0.25, 0.3) is 0 Å². The van der Waals surface area contributed by atoms with Crippen LogP contribution in [0.2, 0.25) is 0 Å². The molecule has 0 amide bonds. The summed E-state index contributed by atoms with van der Waals surface area (Å²) in [6.45, 7) is 0. The van der Waals surface area contributed by atoms with Gasteiger partial charge < -0.3 is 4.74 Å². The predicted octanol–water partition coefficient (Wildman–Crippen LogP) is 2.28. The van der Waals surface area contributed by atoms with E-state index in [0.717, 1.165) is 5.56 Å². The molecular weight excluding hydrogens is 162 g/mol. The number of hydrogen-bond donors (Lipinski definition) is 0. The molecule has 2 nitrogen and oxygen atoms in total. The van der Waals surface area contributed by atoms with Crippen molar-refractivity contribution >= 4 is 0 Å². The number of methoxy groups -OCH3 is 1. The quantitative estimate of drug-likeness (QED) is 0.519. The van der Waals surface area contributed by atoms with Crippen LogP contribution in [0.25, 0.3) is 0 Å². The molecule has 0 aromatic heterocycles. The summed E-state index contributed by atoms with van der Waals surface area (Å²) in [7, 11) is 1.54. The molecular formula is C11H11NO. The number of hydrogen-bond acceptors (Lipinski definition) is 2. The molecule has 0 radical (unpaired) electrons. The molecule has 0 heterocycles. The summed E-state index contributed by atoms with van der Waals surface area (Å²) in [5.74, 6) is 0. The molecule has 0 spiro atoms. The first kappa shape index (κ1) is 9.34. The minimum absolute atomic E-state index is 0.630. The summed E-state index contributed by atoms with van der Waals surface area (Å²) < 4.78 is 4.78. The molecule has 0 atom stereocenters. The SMILES string of the molecule is CO/C=C(\C#N)Cc1ccccc1. The van der Waals surface area contributed by atoms with E-state index in [2.05, 4.69) is 6.07 Å². The normalized spacial score (nSPS) is 10.6. The highest BCUT2D eigenvalue weighted by atomic mass is 16.5. The van der Waals surface area contributed by atoms with Crippen molar-refractivity contribution in [2.24, 2.45) is 0 Å². The molecule has 0 aliphatic rings. The Morgan fingerprint density at radius 2 is 2.15 bits per heavy atom. The van der Waals surface area contributed by atoms with E-state index < -0.39 is 0 Å².